The smallest absolute Gasteiger partial charge is 0.303 e. The van der Waals surface area contributed by atoms with Crippen molar-refractivity contribution >= 4 is 5.97 Å². The second kappa shape index (κ2) is 18.0. The largest absolute Gasteiger partial charge is 0.504 e. The Hall–Kier alpha value is -4.17. The topological polar surface area (TPSA) is 205 Å². The molecule has 1 fully saturated rings. The number of benzene rings is 2. The van der Waals surface area contributed by atoms with E-state index in [0.717, 1.165) is 11.1 Å². The van der Waals surface area contributed by atoms with Crippen LogP contribution < -0.4 is 30.6 Å². The van der Waals surface area contributed by atoms with Crippen LogP contribution in [0.2, 0.25) is 0 Å². The SMILES string of the molecule is CCN[C@H](COc1cc([C@H]2O[C@@H](CCc3ccc(O)c(OC)c3)C[C@H](O)[C@@H]2CCO)cc(OC)c1O)[C@H](CC(=O)O)CC1=CCNC(N)=C1. The molecule has 0 radical (unpaired) electrons. The van der Waals surface area contributed by atoms with Gasteiger partial charge in [0.15, 0.2) is 23.0 Å². The summed E-state index contributed by atoms with van der Waals surface area (Å²) in [5.74, 6) is -0.726. The summed E-state index contributed by atoms with van der Waals surface area (Å²) in [5.41, 5.74) is 8.42. The lowest BCUT2D eigenvalue weighted by atomic mass is 9.82. The predicted octanol–water partition coefficient (Wildman–Crippen LogP) is 3.10. The minimum absolute atomic E-state index is 0.0453. The molecule has 0 saturated carbocycles. The third-order valence-corrected chi connectivity index (χ3v) is 9.20. The molecule has 0 unspecified atom stereocenters. The highest BCUT2D eigenvalue weighted by Crippen LogP contribution is 2.45. The first-order chi connectivity index (χ1) is 23.6. The number of carbonyl (C=O) groups is 1. The lowest BCUT2D eigenvalue weighted by Crippen LogP contribution is -2.42. The number of hydrogen-bond donors (Lipinski definition) is 8. The quantitative estimate of drug-likeness (QED) is 0.114. The zero-order valence-corrected chi connectivity index (χ0v) is 28.4. The number of phenols is 2. The van der Waals surface area contributed by atoms with E-state index in [1.165, 1.54) is 14.2 Å². The van der Waals surface area contributed by atoms with Gasteiger partial charge in [0.25, 0.3) is 0 Å². The maximum Gasteiger partial charge on any atom is 0.303 e. The summed E-state index contributed by atoms with van der Waals surface area (Å²) in [7, 11) is 2.92. The van der Waals surface area contributed by atoms with E-state index in [9.17, 15) is 30.3 Å². The van der Waals surface area contributed by atoms with Crippen LogP contribution in [0.4, 0.5) is 0 Å². The Morgan fingerprint density at radius 3 is 2.55 bits per heavy atom. The van der Waals surface area contributed by atoms with Gasteiger partial charge in [-0.15, -0.1) is 0 Å². The van der Waals surface area contributed by atoms with Crippen LogP contribution in [0.3, 0.4) is 0 Å². The first-order valence-corrected chi connectivity index (χ1v) is 16.8. The van der Waals surface area contributed by atoms with Crippen molar-refractivity contribution in [2.75, 3.05) is 40.5 Å². The molecule has 0 bridgehead atoms. The normalized spacial score (nSPS) is 21.9. The van der Waals surface area contributed by atoms with Crippen LogP contribution in [-0.2, 0) is 16.0 Å². The number of carboxylic acids is 1. The summed E-state index contributed by atoms with van der Waals surface area (Å²) in [6, 6.07) is 8.07. The highest BCUT2D eigenvalue weighted by atomic mass is 16.5. The molecular formula is C36H51N3O10. The number of rotatable bonds is 18. The number of aryl methyl sites for hydroxylation is 1. The van der Waals surface area contributed by atoms with Gasteiger partial charge in [0, 0.05) is 25.1 Å². The third-order valence-electron chi connectivity index (χ3n) is 9.20. The predicted molar refractivity (Wildman–Crippen MR) is 183 cm³/mol. The van der Waals surface area contributed by atoms with Crippen molar-refractivity contribution in [3.8, 4) is 28.7 Å². The van der Waals surface area contributed by atoms with Crippen LogP contribution in [0.5, 0.6) is 28.7 Å². The fraction of sp³-hybridized carbons (Fsp3) is 0.528. The average Bonchev–Trinajstić information content (AvgIpc) is 3.07. The molecule has 270 valence electrons. The Morgan fingerprint density at radius 1 is 1.12 bits per heavy atom. The Labute approximate surface area is 287 Å². The second-order valence-electron chi connectivity index (χ2n) is 12.6. The van der Waals surface area contributed by atoms with Crippen molar-refractivity contribution in [1.29, 1.82) is 0 Å². The molecule has 6 atom stereocenters. The van der Waals surface area contributed by atoms with Crippen molar-refractivity contribution in [3.05, 3.63) is 65.0 Å². The van der Waals surface area contributed by atoms with Crippen LogP contribution in [0.25, 0.3) is 0 Å². The summed E-state index contributed by atoms with van der Waals surface area (Å²) in [6.07, 6.45) is 4.23. The number of allylic oxidation sites excluding steroid dienone is 2. The molecule has 2 aliphatic heterocycles. The van der Waals surface area contributed by atoms with E-state index in [-0.39, 0.29) is 61.1 Å². The first kappa shape index (κ1) is 37.6. The van der Waals surface area contributed by atoms with Gasteiger partial charge in [0.2, 0.25) is 5.75 Å². The van der Waals surface area contributed by atoms with Gasteiger partial charge in [0.05, 0.1) is 44.8 Å². The monoisotopic (exact) mass is 685 g/mol. The number of nitrogens with two attached hydrogens (primary N) is 1. The summed E-state index contributed by atoms with van der Waals surface area (Å²) in [4.78, 5) is 11.9. The van der Waals surface area contributed by atoms with Crippen LogP contribution in [0.15, 0.2) is 53.9 Å². The molecule has 2 heterocycles. The lowest BCUT2D eigenvalue weighted by Gasteiger charge is -2.40. The van der Waals surface area contributed by atoms with Crippen molar-refractivity contribution in [2.45, 2.75) is 69.8 Å². The molecule has 13 heteroatoms. The summed E-state index contributed by atoms with van der Waals surface area (Å²) >= 11 is 0. The van der Waals surface area contributed by atoms with Gasteiger partial charge in [-0.3, -0.25) is 4.79 Å². The highest BCUT2D eigenvalue weighted by Gasteiger charge is 2.39. The van der Waals surface area contributed by atoms with E-state index >= 15 is 0 Å². The Morgan fingerprint density at radius 2 is 1.88 bits per heavy atom. The van der Waals surface area contributed by atoms with Gasteiger partial charge in [-0.25, -0.2) is 0 Å². The fourth-order valence-electron chi connectivity index (χ4n) is 6.69. The van der Waals surface area contributed by atoms with Crippen molar-refractivity contribution < 1.29 is 49.3 Å². The Balaban J connectivity index is 1.57. The Kier molecular flexibility index (Phi) is 13.8. The number of carboxylic acid groups (broad SMARTS) is 1. The van der Waals surface area contributed by atoms with Gasteiger partial charge in [0.1, 0.15) is 6.61 Å². The minimum Gasteiger partial charge on any atom is -0.504 e. The van der Waals surface area contributed by atoms with Crippen LogP contribution in [0, 0.1) is 11.8 Å². The van der Waals surface area contributed by atoms with Gasteiger partial charge >= 0.3 is 5.97 Å². The first-order valence-electron chi connectivity index (χ1n) is 16.8. The number of phenolic OH excluding ortho intramolecular Hbond substituents is 2. The molecular weight excluding hydrogens is 634 g/mol. The van der Waals surface area contributed by atoms with Gasteiger partial charge in [-0.2, -0.15) is 0 Å². The summed E-state index contributed by atoms with van der Waals surface area (Å²) in [6.45, 7) is 2.94. The number of ether oxygens (including phenoxy) is 4. The molecule has 13 nitrogen and oxygen atoms in total. The van der Waals surface area contributed by atoms with Gasteiger partial charge in [-0.1, -0.05) is 19.1 Å². The number of dihydropyridines is 1. The highest BCUT2D eigenvalue weighted by molar-refractivity contribution is 5.67. The molecule has 49 heavy (non-hydrogen) atoms. The van der Waals surface area contributed by atoms with Crippen molar-refractivity contribution in [3.63, 3.8) is 0 Å². The maximum absolute atomic E-state index is 11.9. The molecule has 9 N–H and O–H groups in total. The number of aliphatic hydroxyl groups excluding tert-OH is 2. The number of hydrogen-bond acceptors (Lipinski definition) is 12. The summed E-state index contributed by atoms with van der Waals surface area (Å²) < 4.78 is 23.6. The van der Waals surface area contributed by atoms with E-state index in [2.05, 4.69) is 10.6 Å². The van der Waals surface area contributed by atoms with Crippen LogP contribution in [-0.4, -0.2) is 90.3 Å². The van der Waals surface area contributed by atoms with Crippen LogP contribution in [0.1, 0.15) is 56.3 Å². The molecule has 0 aliphatic carbocycles. The van der Waals surface area contributed by atoms with Crippen LogP contribution >= 0.6 is 0 Å². The number of methoxy groups -OCH3 is 2. The molecule has 0 aromatic heterocycles. The van der Waals surface area contributed by atoms with E-state index in [1.54, 1.807) is 30.3 Å². The van der Waals surface area contributed by atoms with Gasteiger partial charge in [-0.05, 0) is 91.6 Å². The van der Waals surface area contributed by atoms with Crippen molar-refractivity contribution in [2.24, 2.45) is 17.6 Å². The molecule has 0 amide bonds. The number of nitrogens with one attached hydrogen (secondary N) is 2. The number of aliphatic carboxylic acids is 1. The van der Waals surface area contributed by atoms with E-state index in [4.69, 9.17) is 24.7 Å². The molecule has 2 aliphatic rings. The molecule has 4 rings (SSSR count). The Bertz CT molecular complexity index is 1460. The minimum atomic E-state index is -0.937. The number of aromatic hydroxyl groups is 2. The van der Waals surface area contributed by atoms with E-state index in [1.807, 2.05) is 19.1 Å². The van der Waals surface area contributed by atoms with Crippen molar-refractivity contribution in [1.82, 2.24) is 10.6 Å². The zero-order valence-electron chi connectivity index (χ0n) is 28.4. The fourth-order valence-corrected chi connectivity index (χ4v) is 6.69. The third kappa shape index (κ3) is 10.2. The second-order valence-corrected chi connectivity index (χ2v) is 12.6. The number of aliphatic hydroxyl groups is 2. The molecule has 0 spiro atoms. The molecule has 2 aromatic carbocycles. The molecule has 2 aromatic rings. The van der Waals surface area contributed by atoms with E-state index < -0.39 is 30.1 Å². The average molecular weight is 686 g/mol. The standard InChI is InChI=1S/C36H51N3O10/c1-4-38-27(23(18-34(43)44)13-22-9-11-39-33(37)15-22)20-48-32-17-24(16-31(47-3)35(32)45)36-26(10-12-40)29(42)19-25(49-36)7-5-21-6-8-28(41)30(14-21)46-2/h6,8-9,14-17,23,25-27,29,36,38-42,45H,4-5,7,10-13,18-20,37H2,1-3H3,(H,43,44)/t23-,25-,26-,27+,29-,36+/m0/s1. The molecule has 1 saturated heterocycles. The summed E-state index contributed by atoms with van der Waals surface area (Å²) in [5, 5.41) is 58.3. The number of likely N-dealkylation sites (N-methyl/N-ethyl adjacent to an activating group) is 1. The van der Waals surface area contributed by atoms with Gasteiger partial charge < -0.3 is 60.8 Å². The van der Waals surface area contributed by atoms with E-state index in [0.29, 0.717) is 55.9 Å². The zero-order chi connectivity index (χ0) is 35.5. The lowest BCUT2D eigenvalue weighted by molar-refractivity contribution is -0.144. The maximum atomic E-state index is 11.9.